The first-order valence-electron chi connectivity index (χ1n) is 13.4. The highest BCUT2D eigenvalue weighted by atomic mass is 15.3. The lowest BCUT2D eigenvalue weighted by atomic mass is 9.85. The maximum absolute atomic E-state index is 4.83. The normalized spacial score (nSPS) is 17.1. The Kier molecular flexibility index (Phi) is 6.85. The monoisotopic (exact) mass is 482 g/mol. The van der Waals surface area contributed by atoms with E-state index in [2.05, 4.69) is 48.8 Å². The molecule has 1 saturated carbocycles. The Morgan fingerprint density at radius 3 is 2.61 bits per heavy atom. The molecule has 4 aromatic rings. The van der Waals surface area contributed by atoms with E-state index in [1.165, 1.54) is 63.6 Å². The van der Waals surface area contributed by atoms with E-state index < -0.39 is 0 Å². The fourth-order valence-electron chi connectivity index (χ4n) is 5.56. The summed E-state index contributed by atoms with van der Waals surface area (Å²) in [5.41, 5.74) is 5.07. The molecule has 0 atom stereocenters. The number of rotatable bonds is 8. The van der Waals surface area contributed by atoms with E-state index in [1.807, 2.05) is 35.4 Å². The third-order valence-electron chi connectivity index (χ3n) is 7.57. The van der Waals surface area contributed by atoms with Crippen LogP contribution in [-0.2, 0) is 6.54 Å². The summed E-state index contributed by atoms with van der Waals surface area (Å²) in [4.78, 5) is 12.0. The molecule has 2 aliphatic rings. The minimum absolute atomic E-state index is 0.590. The predicted octanol–water partition coefficient (Wildman–Crippen LogP) is 5.56. The highest BCUT2D eigenvalue weighted by Crippen LogP contribution is 2.33. The van der Waals surface area contributed by atoms with Crippen LogP contribution in [0.4, 0.5) is 11.6 Å². The number of anilines is 2. The minimum Gasteiger partial charge on any atom is -0.323 e. The van der Waals surface area contributed by atoms with Gasteiger partial charge in [-0.3, -0.25) is 9.67 Å². The zero-order valence-electron chi connectivity index (χ0n) is 20.8. The molecule has 1 aliphatic carbocycles. The van der Waals surface area contributed by atoms with Gasteiger partial charge in [0.05, 0.1) is 23.4 Å². The molecule has 4 aromatic heterocycles. The van der Waals surface area contributed by atoms with Crippen molar-refractivity contribution in [3.05, 3.63) is 54.6 Å². The first-order valence-corrected chi connectivity index (χ1v) is 13.4. The van der Waals surface area contributed by atoms with E-state index in [0.717, 1.165) is 53.3 Å². The van der Waals surface area contributed by atoms with E-state index in [1.54, 1.807) is 0 Å². The largest absolute Gasteiger partial charge is 0.323 e. The molecule has 0 aromatic carbocycles. The van der Waals surface area contributed by atoms with Gasteiger partial charge in [0.2, 0.25) is 0 Å². The van der Waals surface area contributed by atoms with Crippen LogP contribution in [0.15, 0.2) is 49.1 Å². The number of hydrogen-bond donors (Lipinski definition) is 1. The van der Waals surface area contributed by atoms with Crippen molar-refractivity contribution in [2.24, 2.45) is 0 Å². The van der Waals surface area contributed by atoms with Gasteiger partial charge >= 0.3 is 0 Å². The Hall–Kier alpha value is -3.39. The summed E-state index contributed by atoms with van der Waals surface area (Å²) < 4.78 is 2.04. The first-order chi connectivity index (χ1) is 17.8. The molecule has 0 radical (unpaired) electrons. The van der Waals surface area contributed by atoms with Gasteiger partial charge in [0.1, 0.15) is 5.82 Å². The summed E-state index contributed by atoms with van der Waals surface area (Å²) in [6.45, 7) is 4.58. The second-order valence-corrected chi connectivity index (χ2v) is 10.2. The molecule has 1 N–H and O–H groups in total. The molecule has 0 spiro atoms. The molecule has 6 rings (SSSR count). The van der Waals surface area contributed by atoms with Crippen molar-refractivity contribution in [3.8, 4) is 11.1 Å². The van der Waals surface area contributed by atoms with Crippen LogP contribution < -0.4 is 5.32 Å². The fraction of sp³-hybridized carbons (Fsp3) is 0.464. The van der Waals surface area contributed by atoms with Gasteiger partial charge in [0.25, 0.3) is 0 Å². The van der Waals surface area contributed by atoms with E-state index >= 15 is 0 Å². The van der Waals surface area contributed by atoms with Crippen molar-refractivity contribution in [2.45, 2.75) is 63.8 Å². The number of aryl methyl sites for hydroxylation is 1. The average Bonchev–Trinajstić information content (AvgIpc) is 3.62. The van der Waals surface area contributed by atoms with Gasteiger partial charge in [-0.15, -0.1) is 5.10 Å². The van der Waals surface area contributed by atoms with Crippen LogP contribution in [0.1, 0.15) is 62.8 Å². The lowest BCUT2D eigenvalue weighted by Gasteiger charge is -2.21. The average molecular weight is 483 g/mol. The summed E-state index contributed by atoms with van der Waals surface area (Å²) in [7, 11) is 0. The van der Waals surface area contributed by atoms with E-state index in [0.29, 0.717) is 5.92 Å². The molecule has 8 nitrogen and oxygen atoms in total. The Bertz CT molecular complexity index is 1300. The molecule has 0 bridgehead atoms. The maximum Gasteiger partial charge on any atom is 0.154 e. The number of aromatic nitrogens is 6. The highest BCUT2D eigenvalue weighted by molar-refractivity contribution is 5.81. The van der Waals surface area contributed by atoms with Gasteiger partial charge in [-0.2, -0.15) is 10.2 Å². The standard InChI is InChI=1S/C28H34N8/c1-2-7-21(8-3-1)23-16-28(34-30-18-23)33-27-10-9-25-26(32-27)15-22(17-29-25)24-19-31-36(20-24)14-6-13-35-11-4-5-12-35/h9-10,15-21H,1-8,11-14H2,(H,32,33,34). The van der Waals surface area contributed by atoms with Crippen LogP contribution in [0, 0.1) is 0 Å². The topological polar surface area (TPSA) is 84.6 Å². The number of likely N-dealkylation sites (tertiary alicyclic amines) is 1. The Morgan fingerprint density at radius 1 is 0.833 bits per heavy atom. The van der Waals surface area contributed by atoms with Gasteiger partial charge in [0, 0.05) is 30.1 Å². The molecule has 36 heavy (non-hydrogen) atoms. The maximum atomic E-state index is 4.83. The third-order valence-corrected chi connectivity index (χ3v) is 7.57. The molecular formula is C28H34N8. The lowest BCUT2D eigenvalue weighted by molar-refractivity contribution is 0.322. The molecule has 1 saturated heterocycles. The number of pyridine rings is 2. The van der Waals surface area contributed by atoms with Crippen LogP contribution in [0.3, 0.4) is 0 Å². The molecule has 0 unspecified atom stereocenters. The zero-order chi connectivity index (χ0) is 24.2. The van der Waals surface area contributed by atoms with Gasteiger partial charge in [0.15, 0.2) is 5.82 Å². The van der Waals surface area contributed by atoms with Crippen molar-refractivity contribution >= 4 is 22.7 Å². The van der Waals surface area contributed by atoms with Crippen molar-refractivity contribution in [1.82, 2.24) is 34.8 Å². The summed E-state index contributed by atoms with van der Waals surface area (Å²) in [6, 6.07) is 8.15. The fourth-order valence-corrected chi connectivity index (χ4v) is 5.56. The van der Waals surface area contributed by atoms with Crippen LogP contribution >= 0.6 is 0 Å². The molecular weight excluding hydrogens is 448 g/mol. The van der Waals surface area contributed by atoms with Crippen LogP contribution in [0.2, 0.25) is 0 Å². The van der Waals surface area contributed by atoms with Gasteiger partial charge in [-0.25, -0.2) is 4.98 Å². The first kappa shape index (κ1) is 23.0. The highest BCUT2D eigenvalue weighted by Gasteiger charge is 2.17. The lowest BCUT2D eigenvalue weighted by Crippen LogP contribution is -2.21. The van der Waals surface area contributed by atoms with Gasteiger partial charge < -0.3 is 10.2 Å². The van der Waals surface area contributed by atoms with Crippen molar-refractivity contribution in [3.63, 3.8) is 0 Å². The Labute approximate surface area is 212 Å². The zero-order valence-corrected chi connectivity index (χ0v) is 20.8. The summed E-state index contributed by atoms with van der Waals surface area (Å²) in [5, 5.41) is 16.5. The summed E-state index contributed by atoms with van der Waals surface area (Å²) in [6.07, 6.45) is 18.1. The third kappa shape index (κ3) is 5.38. The van der Waals surface area contributed by atoms with E-state index in [4.69, 9.17) is 4.98 Å². The Balaban J connectivity index is 1.15. The molecule has 1 aliphatic heterocycles. The van der Waals surface area contributed by atoms with Crippen molar-refractivity contribution in [2.75, 3.05) is 25.0 Å². The smallest absolute Gasteiger partial charge is 0.154 e. The molecule has 8 heteroatoms. The quantitative estimate of drug-likeness (QED) is 0.352. The second kappa shape index (κ2) is 10.7. The molecule has 5 heterocycles. The van der Waals surface area contributed by atoms with E-state index in [9.17, 15) is 0 Å². The SMILES string of the molecule is c1nc2ccc(Nc3cc(C4CCCCC4)cnn3)nc2cc1-c1cnn(CCCN2CCCC2)c1. The summed E-state index contributed by atoms with van der Waals surface area (Å²) in [5.74, 6) is 2.07. The minimum atomic E-state index is 0.590. The van der Waals surface area contributed by atoms with Gasteiger partial charge in [-0.1, -0.05) is 19.3 Å². The number of nitrogens with one attached hydrogen (secondary N) is 1. The number of hydrogen-bond acceptors (Lipinski definition) is 7. The molecule has 0 amide bonds. The summed E-state index contributed by atoms with van der Waals surface area (Å²) >= 11 is 0. The molecule has 186 valence electrons. The number of nitrogens with zero attached hydrogens (tertiary/aromatic N) is 7. The van der Waals surface area contributed by atoms with E-state index in [-0.39, 0.29) is 0 Å². The van der Waals surface area contributed by atoms with Crippen LogP contribution in [0.5, 0.6) is 0 Å². The van der Waals surface area contributed by atoms with Crippen molar-refractivity contribution < 1.29 is 0 Å². The second-order valence-electron chi connectivity index (χ2n) is 10.2. The van der Waals surface area contributed by atoms with Crippen LogP contribution in [-0.4, -0.2) is 54.5 Å². The Morgan fingerprint density at radius 2 is 1.72 bits per heavy atom. The van der Waals surface area contributed by atoms with Gasteiger partial charge in [-0.05, 0) is 87.5 Å². The predicted molar refractivity (Wildman–Crippen MR) is 142 cm³/mol. The van der Waals surface area contributed by atoms with Crippen LogP contribution in [0.25, 0.3) is 22.2 Å². The molecule has 2 fully saturated rings. The number of fused-ring (bicyclic) bond motifs is 1. The van der Waals surface area contributed by atoms with Crippen molar-refractivity contribution in [1.29, 1.82) is 0 Å².